The van der Waals surface area contributed by atoms with Crippen LogP contribution < -0.4 is 15.5 Å². The van der Waals surface area contributed by atoms with Crippen LogP contribution in [0.2, 0.25) is 0 Å². The molecule has 1 saturated heterocycles. The number of hydrogen-bond donors (Lipinski definition) is 3. The number of aromatic nitrogens is 1. The van der Waals surface area contributed by atoms with Crippen molar-refractivity contribution >= 4 is 35.8 Å². The average molecular weight is 541 g/mol. The zero-order valence-corrected chi connectivity index (χ0v) is 21.2. The molecule has 0 amide bonds. The molecular formula is C23H36IN5O2. The first-order valence-corrected chi connectivity index (χ1v) is 11.0. The monoisotopic (exact) mass is 541 g/mol. The topological polar surface area (TPSA) is 85.9 Å². The van der Waals surface area contributed by atoms with Crippen LogP contribution in [0, 0.1) is 6.92 Å². The summed E-state index contributed by atoms with van der Waals surface area (Å²) < 4.78 is 5.59. The number of nitrogens with zero attached hydrogens (tertiary/aromatic N) is 3. The van der Waals surface area contributed by atoms with Gasteiger partial charge in [-0.3, -0.25) is 0 Å². The van der Waals surface area contributed by atoms with Gasteiger partial charge in [0.25, 0.3) is 0 Å². The number of anilines is 1. The van der Waals surface area contributed by atoms with Crippen molar-refractivity contribution in [2.24, 2.45) is 4.99 Å². The fourth-order valence-electron chi connectivity index (χ4n) is 3.61. The molecule has 3 N–H and O–H groups in total. The van der Waals surface area contributed by atoms with E-state index >= 15 is 0 Å². The Hall–Kier alpha value is -1.81. The number of halogens is 1. The number of aliphatic hydroxyl groups is 1. The Morgan fingerprint density at radius 2 is 1.94 bits per heavy atom. The van der Waals surface area contributed by atoms with E-state index in [0.29, 0.717) is 24.8 Å². The van der Waals surface area contributed by atoms with Crippen LogP contribution in [0.5, 0.6) is 0 Å². The molecule has 2 aromatic heterocycles. The summed E-state index contributed by atoms with van der Waals surface area (Å²) >= 11 is 0. The molecule has 8 heteroatoms. The molecule has 0 radical (unpaired) electrons. The number of pyridine rings is 1. The minimum atomic E-state index is -1.12. The summed E-state index contributed by atoms with van der Waals surface area (Å²) in [4.78, 5) is 11.7. The summed E-state index contributed by atoms with van der Waals surface area (Å²) in [5.41, 5.74) is -0.00370. The molecular weight excluding hydrogens is 505 g/mol. The van der Waals surface area contributed by atoms with Crippen molar-refractivity contribution in [3.8, 4) is 0 Å². The summed E-state index contributed by atoms with van der Waals surface area (Å²) in [6.07, 6.45) is 6.94. The first-order valence-electron chi connectivity index (χ1n) is 11.0. The van der Waals surface area contributed by atoms with Gasteiger partial charge >= 0.3 is 0 Å². The van der Waals surface area contributed by atoms with Gasteiger partial charge in [0.15, 0.2) is 5.96 Å². The third-order valence-electron chi connectivity index (χ3n) is 5.38. The second-order valence-corrected chi connectivity index (χ2v) is 8.16. The van der Waals surface area contributed by atoms with Crippen molar-refractivity contribution in [2.45, 2.75) is 58.6 Å². The third-order valence-corrected chi connectivity index (χ3v) is 5.38. The van der Waals surface area contributed by atoms with Gasteiger partial charge < -0.3 is 25.1 Å². The highest BCUT2D eigenvalue weighted by Gasteiger charge is 2.27. The van der Waals surface area contributed by atoms with Gasteiger partial charge in [0.1, 0.15) is 22.9 Å². The van der Waals surface area contributed by atoms with Gasteiger partial charge in [0.2, 0.25) is 0 Å². The van der Waals surface area contributed by atoms with Crippen molar-refractivity contribution in [1.82, 2.24) is 15.6 Å². The second kappa shape index (κ2) is 12.3. The number of guanidine groups is 1. The molecule has 3 rings (SSSR count). The van der Waals surface area contributed by atoms with Gasteiger partial charge in [0, 0.05) is 25.8 Å². The smallest absolute Gasteiger partial charge is 0.191 e. The van der Waals surface area contributed by atoms with Crippen molar-refractivity contribution in [3.05, 3.63) is 47.5 Å². The summed E-state index contributed by atoms with van der Waals surface area (Å²) in [5.74, 6) is 3.02. The molecule has 0 saturated carbocycles. The molecule has 2 aromatic rings. The Labute approximate surface area is 202 Å². The fraction of sp³-hybridized carbons (Fsp3) is 0.565. The molecule has 1 fully saturated rings. The number of aliphatic imine (C=N–C) groups is 1. The van der Waals surface area contributed by atoms with Crippen LogP contribution >= 0.6 is 24.0 Å². The first kappa shape index (κ1) is 25.5. The largest absolute Gasteiger partial charge is 0.463 e. The van der Waals surface area contributed by atoms with E-state index in [1.54, 1.807) is 6.92 Å². The van der Waals surface area contributed by atoms with Crippen LogP contribution in [-0.4, -0.2) is 42.2 Å². The Morgan fingerprint density at radius 1 is 1.19 bits per heavy atom. The SMILES string of the molecule is CCNC(=NCc1ccnc(N2CCCCCC2)c1)NCC(C)(O)c1ccc(C)o1.I. The van der Waals surface area contributed by atoms with Crippen molar-refractivity contribution in [3.63, 3.8) is 0 Å². The van der Waals surface area contributed by atoms with Crippen molar-refractivity contribution in [1.29, 1.82) is 0 Å². The lowest BCUT2D eigenvalue weighted by atomic mass is 10.0. The number of aryl methyl sites for hydroxylation is 1. The molecule has 1 atom stereocenters. The Bertz CT molecular complexity index is 829. The molecule has 1 aliphatic rings. The van der Waals surface area contributed by atoms with E-state index in [-0.39, 0.29) is 24.0 Å². The molecule has 31 heavy (non-hydrogen) atoms. The molecule has 0 aliphatic carbocycles. The Kier molecular flexibility index (Phi) is 10.1. The van der Waals surface area contributed by atoms with Gasteiger partial charge in [-0.1, -0.05) is 12.8 Å². The standard InChI is InChI=1S/C23H35N5O2.HI/c1-4-24-22(27-17-23(3,29)20-10-9-18(2)30-20)26-16-19-11-12-25-21(15-19)28-13-7-5-6-8-14-28;/h9-12,15,29H,4-8,13-14,16-17H2,1-3H3,(H2,24,26,27);1H. The number of nitrogens with one attached hydrogen (secondary N) is 2. The highest BCUT2D eigenvalue weighted by molar-refractivity contribution is 14.0. The van der Waals surface area contributed by atoms with Gasteiger partial charge in [-0.2, -0.15) is 0 Å². The lowest BCUT2D eigenvalue weighted by Gasteiger charge is -2.23. The van der Waals surface area contributed by atoms with E-state index in [4.69, 9.17) is 9.41 Å². The first-order chi connectivity index (χ1) is 14.5. The number of hydrogen-bond acceptors (Lipinski definition) is 5. The number of furan rings is 1. The molecule has 7 nitrogen and oxygen atoms in total. The average Bonchev–Trinajstić information content (AvgIpc) is 3.01. The fourth-order valence-corrected chi connectivity index (χ4v) is 3.61. The molecule has 0 aromatic carbocycles. The quantitative estimate of drug-likeness (QED) is 0.280. The summed E-state index contributed by atoms with van der Waals surface area (Å²) in [6.45, 7) is 9.35. The highest BCUT2D eigenvalue weighted by atomic mass is 127. The zero-order valence-electron chi connectivity index (χ0n) is 18.9. The maximum Gasteiger partial charge on any atom is 0.191 e. The minimum absolute atomic E-state index is 0. The highest BCUT2D eigenvalue weighted by Crippen LogP contribution is 2.22. The minimum Gasteiger partial charge on any atom is -0.463 e. The second-order valence-electron chi connectivity index (χ2n) is 8.16. The molecule has 0 bridgehead atoms. The van der Waals surface area contributed by atoms with Gasteiger partial charge in [-0.25, -0.2) is 9.98 Å². The lowest BCUT2D eigenvalue weighted by Crippen LogP contribution is -2.44. The molecule has 0 spiro atoms. The van der Waals surface area contributed by atoms with Gasteiger partial charge in [-0.05, 0) is 63.4 Å². The normalized spacial score (nSPS) is 16.8. The van der Waals surface area contributed by atoms with E-state index in [0.717, 1.165) is 36.8 Å². The summed E-state index contributed by atoms with van der Waals surface area (Å²) in [5, 5.41) is 17.2. The van der Waals surface area contributed by atoms with Crippen LogP contribution in [0.25, 0.3) is 0 Å². The van der Waals surface area contributed by atoms with E-state index in [1.165, 1.54) is 25.7 Å². The van der Waals surface area contributed by atoms with E-state index < -0.39 is 5.60 Å². The molecule has 172 valence electrons. The predicted octanol–water partition coefficient (Wildman–Crippen LogP) is 3.94. The van der Waals surface area contributed by atoms with Crippen LogP contribution in [0.4, 0.5) is 5.82 Å². The molecule has 3 heterocycles. The van der Waals surface area contributed by atoms with E-state index in [2.05, 4.69) is 26.6 Å². The predicted molar refractivity (Wildman–Crippen MR) is 136 cm³/mol. The summed E-state index contributed by atoms with van der Waals surface area (Å²) in [7, 11) is 0. The van der Waals surface area contributed by atoms with Gasteiger partial charge in [-0.15, -0.1) is 24.0 Å². The lowest BCUT2D eigenvalue weighted by molar-refractivity contribution is 0.0378. The van der Waals surface area contributed by atoms with Crippen molar-refractivity contribution < 1.29 is 9.52 Å². The maximum atomic E-state index is 10.8. The van der Waals surface area contributed by atoms with Crippen LogP contribution in [-0.2, 0) is 12.1 Å². The van der Waals surface area contributed by atoms with E-state index in [9.17, 15) is 5.11 Å². The van der Waals surface area contributed by atoms with Crippen LogP contribution in [0.15, 0.2) is 39.9 Å². The number of rotatable bonds is 7. The van der Waals surface area contributed by atoms with Gasteiger partial charge in [0.05, 0.1) is 13.1 Å². The van der Waals surface area contributed by atoms with E-state index in [1.807, 2.05) is 38.2 Å². The van der Waals surface area contributed by atoms with Crippen LogP contribution in [0.1, 0.15) is 56.6 Å². The summed E-state index contributed by atoms with van der Waals surface area (Å²) in [6, 6.07) is 7.81. The third kappa shape index (κ3) is 7.68. The molecule has 1 unspecified atom stereocenters. The van der Waals surface area contributed by atoms with Crippen molar-refractivity contribution in [2.75, 3.05) is 31.1 Å². The van der Waals surface area contributed by atoms with Crippen LogP contribution in [0.3, 0.4) is 0 Å². The maximum absolute atomic E-state index is 10.8. The Balaban J connectivity index is 0.00000341. The molecule has 1 aliphatic heterocycles. The zero-order chi connectivity index (χ0) is 21.4. The Morgan fingerprint density at radius 3 is 2.58 bits per heavy atom.